The molecule has 0 saturated carbocycles. The van der Waals surface area contributed by atoms with Crippen molar-refractivity contribution >= 4 is 11.6 Å². The van der Waals surface area contributed by atoms with Crippen LogP contribution in [0.4, 0.5) is 5.69 Å². The highest BCUT2D eigenvalue weighted by molar-refractivity contribution is 5.99. The van der Waals surface area contributed by atoms with Gasteiger partial charge < -0.3 is 15.4 Å². The first-order chi connectivity index (χ1) is 8.63. The topological polar surface area (TPSA) is 55.6 Å². The molecule has 0 bridgehead atoms. The number of methoxy groups -OCH3 is 1. The van der Waals surface area contributed by atoms with Crippen LogP contribution in [0.5, 0.6) is 5.75 Å². The Morgan fingerprint density at radius 3 is 2.39 bits per heavy atom. The summed E-state index contributed by atoms with van der Waals surface area (Å²) in [6.45, 7) is 5.63. The average Bonchev–Trinajstić information content (AvgIpc) is 2.38. The molecule has 0 radical (unpaired) electrons. The highest BCUT2D eigenvalue weighted by Gasteiger charge is 2.17. The number of ether oxygens (including phenoxy) is 1. The molecule has 0 aliphatic heterocycles. The van der Waals surface area contributed by atoms with Crippen molar-refractivity contribution in [2.75, 3.05) is 25.9 Å². The number of nitrogens with two attached hydrogens (primary N) is 1. The molecule has 0 saturated heterocycles. The molecule has 0 aliphatic rings. The third kappa shape index (κ3) is 3.39. The first-order valence-electron chi connectivity index (χ1n) is 6.36. The molecule has 1 aromatic rings. The maximum absolute atomic E-state index is 12.4. The van der Waals surface area contributed by atoms with Crippen LogP contribution in [0.3, 0.4) is 0 Å². The molecule has 0 atom stereocenters. The number of benzene rings is 1. The van der Waals surface area contributed by atoms with Gasteiger partial charge in [-0.25, -0.2) is 0 Å². The lowest BCUT2D eigenvalue weighted by atomic mass is 10.1. The predicted octanol–water partition coefficient (Wildman–Crippen LogP) is 2.54. The van der Waals surface area contributed by atoms with E-state index in [9.17, 15) is 4.79 Å². The van der Waals surface area contributed by atoms with Crippen molar-refractivity contribution in [3.63, 3.8) is 0 Å². The Bertz CT molecular complexity index is 399. The molecule has 1 rings (SSSR count). The SMILES string of the molecule is CCCN(CCC)C(=O)c1cc(OC)ccc1N. The van der Waals surface area contributed by atoms with E-state index >= 15 is 0 Å². The Balaban J connectivity index is 2.99. The molecular weight excluding hydrogens is 228 g/mol. The Morgan fingerprint density at radius 2 is 1.89 bits per heavy atom. The van der Waals surface area contributed by atoms with Crippen LogP contribution in [0.2, 0.25) is 0 Å². The van der Waals surface area contributed by atoms with Crippen molar-refractivity contribution in [1.82, 2.24) is 4.90 Å². The van der Waals surface area contributed by atoms with E-state index in [2.05, 4.69) is 13.8 Å². The van der Waals surface area contributed by atoms with Gasteiger partial charge in [-0.1, -0.05) is 13.8 Å². The average molecular weight is 250 g/mol. The number of nitrogens with zero attached hydrogens (tertiary/aromatic N) is 1. The summed E-state index contributed by atoms with van der Waals surface area (Å²) in [4.78, 5) is 14.2. The molecule has 0 aliphatic carbocycles. The molecule has 0 aromatic heterocycles. The summed E-state index contributed by atoms with van der Waals surface area (Å²) in [5, 5.41) is 0. The van der Waals surface area contributed by atoms with Gasteiger partial charge in [0, 0.05) is 18.8 Å². The summed E-state index contributed by atoms with van der Waals surface area (Å²) in [5.74, 6) is 0.635. The molecule has 0 unspecified atom stereocenters. The van der Waals surface area contributed by atoms with Crippen molar-refractivity contribution in [3.8, 4) is 5.75 Å². The summed E-state index contributed by atoms with van der Waals surface area (Å²) in [6.07, 6.45) is 1.88. The fourth-order valence-corrected chi connectivity index (χ4v) is 1.87. The van der Waals surface area contributed by atoms with Gasteiger partial charge in [0.05, 0.1) is 12.7 Å². The third-order valence-electron chi connectivity index (χ3n) is 2.77. The third-order valence-corrected chi connectivity index (χ3v) is 2.77. The first kappa shape index (κ1) is 14.4. The lowest BCUT2D eigenvalue weighted by Crippen LogP contribution is -2.33. The van der Waals surface area contributed by atoms with Gasteiger partial charge in [-0.15, -0.1) is 0 Å². The molecule has 1 aromatic carbocycles. The summed E-state index contributed by atoms with van der Waals surface area (Å²) in [5.41, 5.74) is 6.89. The number of rotatable bonds is 6. The van der Waals surface area contributed by atoms with Gasteiger partial charge in [-0.3, -0.25) is 4.79 Å². The van der Waals surface area contributed by atoms with Gasteiger partial charge in [0.2, 0.25) is 0 Å². The lowest BCUT2D eigenvalue weighted by molar-refractivity contribution is 0.0756. The van der Waals surface area contributed by atoms with Crippen LogP contribution < -0.4 is 10.5 Å². The van der Waals surface area contributed by atoms with Crippen molar-refractivity contribution < 1.29 is 9.53 Å². The number of hydrogen-bond acceptors (Lipinski definition) is 3. The fraction of sp³-hybridized carbons (Fsp3) is 0.500. The number of nitrogen functional groups attached to an aromatic ring is 1. The molecule has 0 fully saturated rings. The van der Waals surface area contributed by atoms with E-state index in [1.54, 1.807) is 25.3 Å². The minimum absolute atomic E-state index is 0.0184. The van der Waals surface area contributed by atoms with E-state index in [-0.39, 0.29) is 5.91 Å². The van der Waals surface area contributed by atoms with Crippen molar-refractivity contribution in [2.45, 2.75) is 26.7 Å². The first-order valence-corrected chi connectivity index (χ1v) is 6.36. The Hall–Kier alpha value is -1.71. The Kier molecular flexibility index (Phi) is 5.49. The zero-order chi connectivity index (χ0) is 13.5. The van der Waals surface area contributed by atoms with Gasteiger partial charge in [0.15, 0.2) is 0 Å². The normalized spacial score (nSPS) is 10.2. The van der Waals surface area contributed by atoms with E-state index in [0.717, 1.165) is 25.9 Å². The smallest absolute Gasteiger partial charge is 0.256 e. The molecule has 4 heteroatoms. The number of carbonyl (C=O) groups excluding carboxylic acids is 1. The van der Waals surface area contributed by atoms with Crippen molar-refractivity contribution in [1.29, 1.82) is 0 Å². The molecule has 2 N–H and O–H groups in total. The molecule has 0 spiro atoms. The van der Waals surface area contributed by atoms with Crippen LogP contribution in [0, 0.1) is 0 Å². The van der Waals surface area contributed by atoms with Crippen molar-refractivity contribution in [3.05, 3.63) is 23.8 Å². The van der Waals surface area contributed by atoms with Crippen LogP contribution in [0.25, 0.3) is 0 Å². The highest BCUT2D eigenvalue weighted by Crippen LogP contribution is 2.21. The molecule has 1 amide bonds. The second-order valence-electron chi connectivity index (χ2n) is 4.25. The predicted molar refractivity (Wildman–Crippen MR) is 73.9 cm³/mol. The zero-order valence-corrected chi connectivity index (χ0v) is 11.4. The van der Waals surface area contributed by atoms with Crippen LogP contribution in [-0.4, -0.2) is 31.0 Å². The number of hydrogen-bond donors (Lipinski definition) is 1. The zero-order valence-electron chi connectivity index (χ0n) is 11.4. The summed E-state index contributed by atoms with van der Waals surface area (Å²) in [6, 6.07) is 5.17. The Labute approximate surface area is 109 Å². The minimum Gasteiger partial charge on any atom is -0.497 e. The van der Waals surface area contributed by atoms with Crippen LogP contribution in [0.15, 0.2) is 18.2 Å². The van der Waals surface area contributed by atoms with E-state index < -0.39 is 0 Å². The van der Waals surface area contributed by atoms with Gasteiger partial charge in [0.1, 0.15) is 5.75 Å². The standard InChI is InChI=1S/C14H22N2O2/c1-4-8-16(9-5-2)14(17)12-10-11(18-3)6-7-13(12)15/h6-7,10H,4-5,8-9,15H2,1-3H3. The molecule has 100 valence electrons. The molecule has 4 nitrogen and oxygen atoms in total. The lowest BCUT2D eigenvalue weighted by Gasteiger charge is -2.22. The van der Waals surface area contributed by atoms with Gasteiger partial charge in [-0.2, -0.15) is 0 Å². The van der Waals surface area contributed by atoms with E-state index in [1.807, 2.05) is 4.90 Å². The van der Waals surface area contributed by atoms with Crippen LogP contribution in [-0.2, 0) is 0 Å². The maximum Gasteiger partial charge on any atom is 0.256 e. The monoisotopic (exact) mass is 250 g/mol. The number of carbonyl (C=O) groups is 1. The second-order valence-corrected chi connectivity index (χ2v) is 4.25. The largest absolute Gasteiger partial charge is 0.497 e. The van der Waals surface area contributed by atoms with E-state index in [4.69, 9.17) is 10.5 Å². The maximum atomic E-state index is 12.4. The van der Waals surface area contributed by atoms with E-state index in [1.165, 1.54) is 0 Å². The van der Waals surface area contributed by atoms with Gasteiger partial charge in [0.25, 0.3) is 5.91 Å². The van der Waals surface area contributed by atoms with Gasteiger partial charge in [-0.05, 0) is 31.0 Å². The molecular formula is C14H22N2O2. The second kappa shape index (κ2) is 6.89. The van der Waals surface area contributed by atoms with Gasteiger partial charge >= 0.3 is 0 Å². The molecule has 0 heterocycles. The quantitative estimate of drug-likeness (QED) is 0.789. The summed E-state index contributed by atoms with van der Waals surface area (Å²) in [7, 11) is 1.58. The number of amides is 1. The van der Waals surface area contributed by atoms with Crippen molar-refractivity contribution in [2.24, 2.45) is 0 Å². The minimum atomic E-state index is -0.0184. The molecule has 18 heavy (non-hydrogen) atoms. The van der Waals surface area contributed by atoms with E-state index in [0.29, 0.717) is 17.0 Å². The summed E-state index contributed by atoms with van der Waals surface area (Å²) >= 11 is 0. The fourth-order valence-electron chi connectivity index (χ4n) is 1.87. The number of anilines is 1. The summed E-state index contributed by atoms with van der Waals surface area (Å²) < 4.78 is 5.13. The van der Waals surface area contributed by atoms with Crippen LogP contribution in [0.1, 0.15) is 37.0 Å². The Morgan fingerprint density at radius 1 is 1.28 bits per heavy atom. The van der Waals surface area contributed by atoms with Crippen LogP contribution >= 0.6 is 0 Å². The highest BCUT2D eigenvalue weighted by atomic mass is 16.5.